The molecule has 1 aromatic carbocycles. The average Bonchev–Trinajstić information content (AvgIpc) is 2.90. The van der Waals surface area contributed by atoms with E-state index in [1.807, 2.05) is 43.0 Å². The summed E-state index contributed by atoms with van der Waals surface area (Å²) in [4.78, 5) is 15.2. The van der Waals surface area contributed by atoms with Gasteiger partial charge in [-0.3, -0.25) is 4.79 Å². The van der Waals surface area contributed by atoms with Crippen LogP contribution in [0.2, 0.25) is 0 Å². The Morgan fingerprint density at radius 3 is 2.55 bits per heavy atom. The molecule has 0 aliphatic heterocycles. The number of anilines is 1. The molecule has 2 N–H and O–H groups in total. The molecular weight excluding hydrogens is 268 g/mol. The second kappa shape index (κ2) is 5.92. The summed E-state index contributed by atoms with van der Waals surface area (Å²) in [7, 11) is 0. The van der Waals surface area contributed by atoms with Gasteiger partial charge in [0.25, 0.3) is 0 Å². The highest BCUT2D eigenvalue weighted by Crippen LogP contribution is 2.41. The van der Waals surface area contributed by atoms with Crippen LogP contribution in [0, 0.1) is 12.3 Å². The summed E-state index contributed by atoms with van der Waals surface area (Å²) >= 11 is 5.22. The molecule has 0 bridgehead atoms. The average molecular weight is 290 g/mol. The van der Waals surface area contributed by atoms with Crippen LogP contribution >= 0.6 is 12.2 Å². The molecule has 0 aromatic heterocycles. The fraction of sp³-hybridized carbons (Fsp3) is 0.500. The summed E-state index contributed by atoms with van der Waals surface area (Å²) in [5, 5.41) is 0. The number of hydrogen-bond acceptors (Lipinski definition) is 2. The van der Waals surface area contributed by atoms with Crippen molar-refractivity contribution in [2.24, 2.45) is 11.1 Å². The van der Waals surface area contributed by atoms with Crippen LogP contribution in [0.3, 0.4) is 0 Å². The molecule has 0 radical (unpaired) electrons. The number of benzene rings is 1. The quantitative estimate of drug-likeness (QED) is 0.866. The van der Waals surface area contributed by atoms with Crippen LogP contribution in [0.5, 0.6) is 0 Å². The third kappa shape index (κ3) is 2.57. The molecule has 3 nitrogen and oxygen atoms in total. The molecule has 0 atom stereocenters. The fourth-order valence-corrected chi connectivity index (χ4v) is 3.33. The minimum Gasteiger partial charge on any atom is -0.392 e. The standard InChI is InChI=1S/C16H22N2OS/c1-3-18(13-8-6-7-12(2)11-13)15(19)16(14(17)20)9-4-5-10-16/h6-8,11H,3-5,9-10H2,1-2H3,(H2,17,20). The maximum atomic E-state index is 13.0. The van der Waals surface area contributed by atoms with E-state index >= 15 is 0 Å². The fourth-order valence-electron chi connectivity index (χ4n) is 3.04. The van der Waals surface area contributed by atoms with Crippen molar-refractivity contribution in [3.05, 3.63) is 29.8 Å². The first kappa shape index (κ1) is 15.0. The lowest BCUT2D eigenvalue weighted by atomic mass is 9.84. The molecule has 1 aliphatic carbocycles. The zero-order valence-electron chi connectivity index (χ0n) is 12.2. The molecule has 0 spiro atoms. The van der Waals surface area contributed by atoms with Crippen molar-refractivity contribution in [1.29, 1.82) is 0 Å². The van der Waals surface area contributed by atoms with Crippen molar-refractivity contribution < 1.29 is 4.79 Å². The monoisotopic (exact) mass is 290 g/mol. The van der Waals surface area contributed by atoms with Crippen LogP contribution in [0.1, 0.15) is 38.2 Å². The zero-order valence-corrected chi connectivity index (χ0v) is 13.0. The van der Waals surface area contributed by atoms with E-state index in [1.54, 1.807) is 0 Å². The summed E-state index contributed by atoms with van der Waals surface area (Å²) in [5.41, 5.74) is 7.36. The van der Waals surface area contributed by atoms with Gasteiger partial charge in [0.1, 0.15) is 0 Å². The Morgan fingerprint density at radius 2 is 2.05 bits per heavy atom. The van der Waals surface area contributed by atoms with Gasteiger partial charge in [0, 0.05) is 12.2 Å². The summed E-state index contributed by atoms with van der Waals surface area (Å²) in [6.07, 6.45) is 3.61. The number of carbonyl (C=O) groups excluding carboxylic acids is 1. The number of carbonyl (C=O) groups is 1. The zero-order chi connectivity index (χ0) is 14.8. The van der Waals surface area contributed by atoms with Gasteiger partial charge in [-0.2, -0.15) is 0 Å². The minimum absolute atomic E-state index is 0.0654. The van der Waals surface area contributed by atoms with Crippen LogP contribution in [0.4, 0.5) is 5.69 Å². The van der Waals surface area contributed by atoms with Gasteiger partial charge < -0.3 is 10.6 Å². The largest absolute Gasteiger partial charge is 0.392 e. The molecule has 0 heterocycles. The highest BCUT2D eigenvalue weighted by molar-refractivity contribution is 7.80. The summed E-state index contributed by atoms with van der Waals surface area (Å²) in [6.45, 7) is 4.65. The number of amides is 1. The molecule has 0 saturated heterocycles. The van der Waals surface area contributed by atoms with Crippen LogP contribution in [-0.2, 0) is 4.79 Å². The van der Waals surface area contributed by atoms with Gasteiger partial charge in [0.15, 0.2) is 0 Å². The first-order chi connectivity index (χ1) is 9.51. The summed E-state index contributed by atoms with van der Waals surface area (Å²) in [6, 6.07) is 8.00. The maximum Gasteiger partial charge on any atom is 0.240 e. The third-order valence-corrected chi connectivity index (χ3v) is 4.60. The molecular formula is C16H22N2OS. The van der Waals surface area contributed by atoms with Crippen molar-refractivity contribution in [1.82, 2.24) is 0 Å². The molecule has 1 fully saturated rings. The Kier molecular flexibility index (Phi) is 4.43. The highest BCUT2D eigenvalue weighted by atomic mass is 32.1. The molecule has 1 aromatic rings. The Morgan fingerprint density at radius 1 is 1.40 bits per heavy atom. The van der Waals surface area contributed by atoms with E-state index in [9.17, 15) is 4.79 Å². The first-order valence-electron chi connectivity index (χ1n) is 7.20. The maximum absolute atomic E-state index is 13.0. The molecule has 108 valence electrons. The smallest absolute Gasteiger partial charge is 0.240 e. The van der Waals surface area contributed by atoms with Gasteiger partial charge in [-0.05, 0) is 44.4 Å². The molecule has 1 amide bonds. The lowest BCUT2D eigenvalue weighted by Crippen LogP contribution is -2.49. The molecule has 0 unspecified atom stereocenters. The lowest BCUT2D eigenvalue weighted by Gasteiger charge is -2.33. The van der Waals surface area contributed by atoms with E-state index in [-0.39, 0.29) is 5.91 Å². The van der Waals surface area contributed by atoms with E-state index in [4.69, 9.17) is 18.0 Å². The number of thiocarbonyl (C=S) groups is 1. The molecule has 4 heteroatoms. The number of rotatable bonds is 4. The summed E-state index contributed by atoms with van der Waals surface area (Å²) in [5.74, 6) is 0.0654. The molecule has 1 saturated carbocycles. The van der Waals surface area contributed by atoms with Crippen molar-refractivity contribution in [2.75, 3.05) is 11.4 Å². The first-order valence-corrected chi connectivity index (χ1v) is 7.60. The van der Waals surface area contributed by atoms with Crippen LogP contribution in [-0.4, -0.2) is 17.4 Å². The second-order valence-electron chi connectivity index (χ2n) is 5.54. The van der Waals surface area contributed by atoms with E-state index in [0.717, 1.165) is 36.9 Å². The Bertz CT molecular complexity index is 521. The van der Waals surface area contributed by atoms with Gasteiger partial charge in [0.05, 0.1) is 10.4 Å². The molecule has 1 aliphatic rings. The highest BCUT2D eigenvalue weighted by Gasteiger charge is 2.46. The van der Waals surface area contributed by atoms with Gasteiger partial charge in [-0.15, -0.1) is 0 Å². The van der Waals surface area contributed by atoms with Crippen molar-refractivity contribution in [3.63, 3.8) is 0 Å². The predicted octanol–water partition coefficient (Wildman–Crippen LogP) is 3.19. The van der Waals surface area contributed by atoms with Crippen molar-refractivity contribution in [2.45, 2.75) is 39.5 Å². The minimum atomic E-state index is -0.630. The van der Waals surface area contributed by atoms with E-state index in [2.05, 4.69) is 0 Å². The third-order valence-electron chi connectivity index (χ3n) is 4.21. The number of hydrogen-bond donors (Lipinski definition) is 1. The van der Waals surface area contributed by atoms with Gasteiger partial charge in [-0.1, -0.05) is 37.2 Å². The van der Waals surface area contributed by atoms with Crippen LogP contribution < -0.4 is 10.6 Å². The van der Waals surface area contributed by atoms with E-state index in [1.165, 1.54) is 0 Å². The summed E-state index contributed by atoms with van der Waals surface area (Å²) < 4.78 is 0. The molecule has 2 rings (SSSR count). The van der Waals surface area contributed by atoms with Crippen molar-refractivity contribution >= 4 is 28.8 Å². The van der Waals surface area contributed by atoms with Gasteiger partial charge in [0.2, 0.25) is 5.91 Å². The topological polar surface area (TPSA) is 46.3 Å². The van der Waals surface area contributed by atoms with Crippen LogP contribution in [0.25, 0.3) is 0 Å². The van der Waals surface area contributed by atoms with Crippen molar-refractivity contribution in [3.8, 4) is 0 Å². The lowest BCUT2D eigenvalue weighted by molar-refractivity contribution is -0.124. The number of aryl methyl sites for hydroxylation is 1. The normalized spacial score (nSPS) is 16.9. The van der Waals surface area contributed by atoms with Gasteiger partial charge in [-0.25, -0.2) is 0 Å². The SMILES string of the molecule is CCN(C(=O)C1(C(N)=S)CCCC1)c1cccc(C)c1. The van der Waals surface area contributed by atoms with Crippen LogP contribution in [0.15, 0.2) is 24.3 Å². The Hall–Kier alpha value is -1.42. The Balaban J connectivity index is 2.36. The predicted molar refractivity (Wildman–Crippen MR) is 86.9 cm³/mol. The second-order valence-corrected chi connectivity index (χ2v) is 5.98. The number of nitrogens with zero attached hydrogens (tertiary/aromatic N) is 1. The van der Waals surface area contributed by atoms with Gasteiger partial charge >= 0.3 is 0 Å². The van der Waals surface area contributed by atoms with E-state index in [0.29, 0.717) is 11.5 Å². The molecule has 20 heavy (non-hydrogen) atoms. The van der Waals surface area contributed by atoms with E-state index < -0.39 is 5.41 Å². The number of nitrogens with two attached hydrogens (primary N) is 1. The Labute approximate surface area is 126 Å².